The van der Waals surface area contributed by atoms with E-state index in [0.717, 1.165) is 30.4 Å². The van der Waals surface area contributed by atoms with Gasteiger partial charge in [-0.15, -0.1) is 11.6 Å². The zero-order valence-corrected chi connectivity index (χ0v) is 14.3. The monoisotopic (exact) mass is 329 g/mol. The maximum absolute atomic E-state index is 12.6. The van der Waals surface area contributed by atoms with Crippen molar-refractivity contribution < 1.29 is 8.42 Å². The highest BCUT2D eigenvalue weighted by Crippen LogP contribution is 2.28. The molecule has 0 heterocycles. The Labute approximate surface area is 133 Å². The van der Waals surface area contributed by atoms with Gasteiger partial charge < -0.3 is 0 Å². The van der Waals surface area contributed by atoms with Gasteiger partial charge in [0, 0.05) is 19.0 Å². The highest BCUT2D eigenvalue weighted by Gasteiger charge is 2.29. The summed E-state index contributed by atoms with van der Waals surface area (Å²) in [6.07, 6.45) is 4.28. The van der Waals surface area contributed by atoms with Crippen molar-refractivity contribution in [3.8, 4) is 0 Å². The third-order valence-electron chi connectivity index (χ3n) is 4.39. The fraction of sp³-hybridized carbons (Fsp3) is 0.625. The van der Waals surface area contributed by atoms with Crippen molar-refractivity contribution in [2.24, 2.45) is 5.92 Å². The minimum Gasteiger partial charge on any atom is -0.212 e. The highest BCUT2D eigenvalue weighted by atomic mass is 35.5. The summed E-state index contributed by atoms with van der Waals surface area (Å²) in [4.78, 5) is 0. The second kappa shape index (κ2) is 7.12. The molecule has 0 amide bonds. The number of halogens is 1. The van der Waals surface area contributed by atoms with E-state index < -0.39 is 10.0 Å². The van der Waals surface area contributed by atoms with E-state index in [4.69, 9.17) is 11.6 Å². The number of sulfonamides is 1. The normalized spacial score (nSPS) is 23.4. The van der Waals surface area contributed by atoms with Crippen LogP contribution in [0.3, 0.4) is 0 Å². The lowest BCUT2D eigenvalue weighted by Gasteiger charge is -2.33. The van der Waals surface area contributed by atoms with E-state index in [-0.39, 0.29) is 11.8 Å². The average Bonchev–Trinajstić information content (AvgIpc) is 2.47. The van der Waals surface area contributed by atoms with Gasteiger partial charge in [-0.3, -0.25) is 0 Å². The van der Waals surface area contributed by atoms with Crippen molar-refractivity contribution in [2.45, 2.75) is 50.3 Å². The minimum atomic E-state index is -3.26. The van der Waals surface area contributed by atoms with Crippen LogP contribution < -0.4 is 0 Å². The van der Waals surface area contributed by atoms with Crippen LogP contribution in [0.1, 0.15) is 43.7 Å². The van der Waals surface area contributed by atoms with Gasteiger partial charge in [0.15, 0.2) is 0 Å². The van der Waals surface area contributed by atoms with Gasteiger partial charge in [0.2, 0.25) is 10.0 Å². The quantitative estimate of drug-likeness (QED) is 0.771. The number of hydrogen-bond acceptors (Lipinski definition) is 2. The number of rotatable bonds is 5. The Morgan fingerprint density at radius 1 is 1.19 bits per heavy atom. The molecule has 5 heteroatoms. The van der Waals surface area contributed by atoms with Crippen molar-refractivity contribution in [3.63, 3.8) is 0 Å². The molecule has 118 valence electrons. The van der Waals surface area contributed by atoms with Gasteiger partial charge in [-0.2, -0.15) is 0 Å². The maximum atomic E-state index is 12.6. The summed E-state index contributed by atoms with van der Waals surface area (Å²) in [7, 11) is -1.53. The molecule has 1 aliphatic carbocycles. The van der Waals surface area contributed by atoms with Crippen molar-refractivity contribution in [1.82, 2.24) is 4.31 Å². The third-order valence-corrected chi connectivity index (χ3v) is 6.57. The number of hydrogen-bond donors (Lipinski definition) is 0. The van der Waals surface area contributed by atoms with Gasteiger partial charge in [0.25, 0.3) is 0 Å². The Bertz CT molecular complexity index is 556. The van der Waals surface area contributed by atoms with Crippen molar-refractivity contribution >= 4 is 21.6 Å². The van der Waals surface area contributed by atoms with Crippen LogP contribution in [0.4, 0.5) is 0 Å². The molecule has 2 unspecified atom stereocenters. The highest BCUT2D eigenvalue weighted by molar-refractivity contribution is 7.88. The summed E-state index contributed by atoms with van der Waals surface area (Å²) < 4.78 is 26.7. The predicted octanol–water partition coefficient (Wildman–Crippen LogP) is 3.77. The summed E-state index contributed by atoms with van der Waals surface area (Å²) in [6, 6.07) is 7.64. The summed E-state index contributed by atoms with van der Waals surface area (Å²) >= 11 is 5.75. The van der Waals surface area contributed by atoms with Crippen molar-refractivity contribution in [3.05, 3.63) is 35.4 Å². The second-order valence-corrected chi connectivity index (χ2v) is 8.44. The Hall–Kier alpha value is -0.580. The van der Waals surface area contributed by atoms with Crippen LogP contribution in [0.2, 0.25) is 0 Å². The Balaban J connectivity index is 2.05. The number of benzene rings is 1. The molecule has 0 N–H and O–H groups in total. The molecular weight excluding hydrogens is 306 g/mol. The van der Waals surface area contributed by atoms with Crippen LogP contribution in [0, 0.1) is 5.92 Å². The third kappa shape index (κ3) is 4.44. The topological polar surface area (TPSA) is 37.4 Å². The molecule has 0 radical (unpaired) electrons. The molecule has 2 rings (SSSR count). The molecule has 1 aliphatic rings. The number of alkyl halides is 1. The molecule has 1 fully saturated rings. The van der Waals surface area contributed by atoms with Crippen LogP contribution in [-0.2, 0) is 21.7 Å². The zero-order chi connectivity index (χ0) is 15.5. The van der Waals surface area contributed by atoms with E-state index >= 15 is 0 Å². The maximum Gasteiger partial charge on any atom is 0.218 e. The first-order chi connectivity index (χ1) is 9.92. The first-order valence-electron chi connectivity index (χ1n) is 7.52. The number of nitrogens with zero attached hydrogens (tertiary/aromatic N) is 1. The summed E-state index contributed by atoms with van der Waals surface area (Å²) in [5.41, 5.74) is 1.83. The van der Waals surface area contributed by atoms with Gasteiger partial charge in [-0.1, -0.05) is 44.0 Å². The van der Waals surface area contributed by atoms with E-state index in [9.17, 15) is 8.42 Å². The second-order valence-electron chi connectivity index (χ2n) is 6.15. The van der Waals surface area contributed by atoms with Gasteiger partial charge in [-0.05, 0) is 29.9 Å². The van der Waals surface area contributed by atoms with E-state index in [1.54, 1.807) is 11.4 Å². The molecular formula is C16H24ClNO2S. The van der Waals surface area contributed by atoms with Crippen LogP contribution in [0.25, 0.3) is 0 Å². The molecule has 1 aromatic carbocycles. The smallest absolute Gasteiger partial charge is 0.212 e. The Morgan fingerprint density at radius 3 is 2.38 bits per heavy atom. The SMILES string of the molecule is CC1CCCC(N(C)S(=O)(=O)Cc2ccc(CCl)cc2)C1. The molecule has 21 heavy (non-hydrogen) atoms. The van der Waals surface area contributed by atoms with E-state index in [1.807, 2.05) is 24.3 Å². The van der Waals surface area contributed by atoms with Crippen LogP contribution >= 0.6 is 11.6 Å². The van der Waals surface area contributed by atoms with Crippen LogP contribution in [-0.4, -0.2) is 25.8 Å². The summed E-state index contributed by atoms with van der Waals surface area (Å²) in [5.74, 6) is 1.13. The van der Waals surface area contributed by atoms with Gasteiger partial charge in [0.1, 0.15) is 0 Å². The fourth-order valence-electron chi connectivity index (χ4n) is 3.00. The first-order valence-corrected chi connectivity index (χ1v) is 9.66. The van der Waals surface area contributed by atoms with Gasteiger partial charge in [0.05, 0.1) is 5.75 Å². The average molecular weight is 330 g/mol. The lowest BCUT2D eigenvalue weighted by molar-refractivity contribution is 0.239. The molecule has 3 nitrogen and oxygen atoms in total. The largest absolute Gasteiger partial charge is 0.218 e. The van der Waals surface area contributed by atoms with Crippen LogP contribution in [0.15, 0.2) is 24.3 Å². The molecule has 0 aromatic heterocycles. The van der Waals surface area contributed by atoms with E-state index in [2.05, 4.69) is 6.92 Å². The fourth-order valence-corrected chi connectivity index (χ4v) is 4.64. The first kappa shape index (κ1) is 16.8. The minimum absolute atomic E-state index is 0.0664. The molecule has 0 spiro atoms. The zero-order valence-electron chi connectivity index (χ0n) is 12.8. The molecule has 0 aliphatic heterocycles. The molecule has 1 saturated carbocycles. The summed E-state index contributed by atoms with van der Waals surface area (Å²) in [6.45, 7) is 2.21. The lowest BCUT2D eigenvalue weighted by atomic mass is 9.87. The molecule has 2 atom stereocenters. The van der Waals surface area contributed by atoms with E-state index in [0.29, 0.717) is 11.8 Å². The molecule has 0 bridgehead atoms. The molecule has 0 saturated heterocycles. The van der Waals surface area contributed by atoms with Crippen LogP contribution in [0.5, 0.6) is 0 Å². The van der Waals surface area contributed by atoms with Gasteiger partial charge in [-0.25, -0.2) is 12.7 Å². The summed E-state index contributed by atoms with van der Waals surface area (Å²) in [5, 5.41) is 0. The van der Waals surface area contributed by atoms with Crippen molar-refractivity contribution in [1.29, 1.82) is 0 Å². The Kier molecular flexibility index (Phi) is 5.69. The lowest BCUT2D eigenvalue weighted by Crippen LogP contribution is -2.40. The molecule has 1 aromatic rings. The standard InChI is InChI=1S/C16H24ClNO2S/c1-13-4-3-5-16(10-13)18(2)21(19,20)12-15-8-6-14(11-17)7-9-15/h6-9,13,16H,3-5,10-12H2,1-2H3. The van der Waals surface area contributed by atoms with E-state index in [1.165, 1.54) is 6.42 Å². The Morgan fingerprint density at radius 2 is 1.81 bits per heavy atom. The van der Waals surface area contributed by atoms with Crippen molar-refractivity contribution in [2.75, 3.05) is 7.05 Å². The predicted molar refractivity (Wildman–Crippen MR) is 87.8 cm³/mol. The van der Waals surface area contributed by atoms with Gasteiger partial charge >= 0.3 is 0 Å².